The van der Waals surface area contributed by atoms with Gasteiger partial charge in [-0.1, -0.05) is 0 Å². The van der Waals surface area contributed by atoms with Gasteiger partial charge in [0.25, 0.3) is 47.3 Å². The molecule has 0 spiro atoms. The number of nitrogens with one attached hydrogen (secondary N) is 10. The summed E-state index contributed by atoms with van der Waals surface area (Å²) in [7, 11) is 9.77. The SMILES string of the molecule is Cn1cc(NC(=O)c2cc(NC(=O)c3cc(NC(=O)c4ccc(C(=O)Nc5cc(C(=O)Nc6cc(C(=O)Nc7cc(C(=O)NCCC(=N)N)n(C)c7)n(C)c6)n(C)c5)nc4)cn3C)cn2C)cc1C(=O)NCCC(=N)N. The van der Waals surface area contributed by atoms with Crippen LogP contribution in [-0.4, -0.2) is 104 Å². The zero-order valence-corrected chi connectivity index (χ0v) is 42.0. The number of aryl methyl sites for hydroxylation is 6. The second kappa shape index (κ2) is 22.5. The van der Waals surface area contributed by atoms with Gasteiger partial charge in [-0.15, -0.1) is 0 Å². The van der Waals surface area contributed by atoms with Gasteiger partial charge in [-0.05, 0) is 48.5 Å². The number of hydrogen-bond donors (Lipinski definition) is 12. The van der Waals surface area contributed by atoms with Crippen LogP contribution in [0.2, 0.25) is 0 Å². The van der Waals surface area contributed by atoms with Crippen LogP contribution in [-0.2, 0) is 42.3 Å². The van der Waals surface area contributed by atoms with Crippen molar-refractivity contribution in [2.24, 2.45) is 53.8 Å². The molecular formula is C49H55N19O8. The smallest absolute Gasteiger partial charge is 0.274 e. The highest BCUT2D eigenvalue weighted by Crippen LogP contribution is 2.23. The highest BCUT2D eigenvalue weighted by molar-refractivity contribution is 6.11. The molecule has 27 nitrogen and oxygen atoms in total. The Morgan fingerprint density at radius 3 is 0.934 bits per heavy atom. The standard InChI is InChI=1S/C49H55N19O8/c1-63-22-29(13-34(63)44(71)54-11-9-40(50)51)59-48(75)38-17-31(24-67(38)5)61-46(73)36-15-27(20-65(36)3)57-42(69)26-7-8-33(56-19-26)43(70)58-28-16-37(66(4)21-28)47(74)62-32-18-39(68(6)25-32)49(76)60-30-14-35(64(2)23-30)45(72)55-12-10-41(52)53/h7-8,13-25H,9-12H2,1-6H3,(H3,50,51)(H3,52,53)(H,54,71)(H,55,72)(H,57,69)(H,58,70)(H,59,75)(H,60,76)(H,61,73)(H,62,74). The first-order chi connectivity index (χ1) is 36.0. The van der Waals surface area contributed by atoms with Gasteiger partial charge in [0.1, 0.15) is 39.9 Å². The summed E-state index contributed by atoms with van der Waals surface area (Å²) in [6.45, 7) is 0.371. The van der Waals surface area contributed by atoms with Gasteiger partial charge in [-0.3, -0.25) is 54.2 Å². The van der Waals surface area contributed by atoms with Crippen LogP contribution in [0.1, 0.15) is 96.6 Å². The van der Waals surface area contributed by atoms with Crippen LogP contribution in [0.5, 0.6) is 0 Å². The highest BCUT2D eigenvalue weighted by atomic mass is 16.2. The van der Waals surface area contributed by atoms with E-state index in [1.165, 1.54) is 85.4 Å². The van der Waals surface area contributed by atoms with E-state index in [0.29, 0.717) is 22.7 Å². The number of rotatable bonds is 20. The maximum absolute atomic E-state index is 13.4. The van der Waals surface area contributed by atoms with E-state index in [2.05, 4.69) is 47.5 Å². The van der Waals surface area contributed by atoms with E-state index in [-0.39, 0.29) is 94.4 Å². The predicted octanol–water partition coefficient (Wildman–Crippen LogP) is 2.74. The minimum Gasteiger partial charge on any atom is -0.388 e. The number of aromatic nitrogens is 7. The Bertz CT molecular complexity index is 3250. The fraction of sp³-hybridized carbons (Fsp3) is 0.204. The number of hydrogen-bond acceptors (Lipinski definition) is 11. The largest absolute Gasteiger partial charge is 0.388 e. The molecular weight excluding hydrogens is 983 g/mol. The van der Waals surface area contributed by atoms with Crippen LogP contribution in [0.3, 0.4) is 0 Å². The Hall–Kier alpha value is -10.5. The van der Waals surface area contributed by atoms with E-state index in [9.17, 15) is 38.4 Å². The van der Waals surface area contributed by atoms with Crippen LogP contribution in [0, 0.1) is 10.8 Å². The highest BCUT2D eigenvalue weighted by Gasteiger charge is 2.22. The molecule has 0 bridgehead atoms. The Kier molecular flexibility index (Phi) is 15.8. The average Bonchev–Trinajstić information content (AvgIpc) is 4.22. The van der Waals surface area contributed by atoms with Crippen molar-refractivity contribution >= 4 is 93.1 Å². The molecule has 8 amide bonds. The molecule has 7 aromatic heterocycles. The van der Waals surface area contributed by atoms with Crippen LogP contribution < -0.4 is 54.0 Å². The quantitative estimate of drug-likeness (QED) is 0.0389. The number of carbonyl (C=O) groups excluding carboxylic acids is 8. The number of nitrogens with zero attached hydrogens (tertiary/aromatic N) is 7. The molecule has 7 aromatic rings. The molecule has 0 aliphatic carbocycles. The van der Waals surface area contributed by atoms with Gasteiger partial charge in [-0.2, -0.15) is 0 Å². The van der Waals surface area contributed by atoms with Crippen LogP contribution in [0.4, 0.5) is 34.1 Å². The van der Waals surface area contributed by atoms with Crippen molar-refractivity contribution < 1.29 is 38.4 Å². The first-order valence-electron chi connectivity index (χ1n) is 23.1. The summed E-state index contributed by atoms with van der Waals surface area (Å²) in [6.07, 6.45) is 10.9. The molecule has 0 atom stereocenters. The summed E-state index contributed by atoms with van der Waals surface area (Å²) in [4.78, 5) is 109. The predicted molar refractivity (Wildman–Crippen MR) is 282 cm³/mol. The lowest BCUT2D eigenvalue weighted by molar-refractivity contribution is 0.0938. The average molecular weight is 1040 g/mol. The molecule has 27 heteroatoms. The van der Waals surface area contributed by atoms with Gasteiger partial charge in [-0.25, -0.2) is 0 Å². The molecule has 0 fully saturated rings. The zero-order chi connectivity index (χ0) is 55.1. The normalized spacial score (nSPS) is 10.8. The molecule has 0 saturated carbocycles. The maximum atomic E-state index is 13.4. The van der Waals surface area contributed by atoms with Crippen molar-refractivity contribution in [3.63, 3.8) is 0 Å². The Morgan fingerprint density at radius 2 is 0.671 bits per heavy atom. The topological polar surface area (TPSA) is 375 Å². The number of carbonyl (C=O) groups is 8. The summed E-state index contributed by atoms with van der Waals surface area (Å²) >= 11 is 0. The second-order valence-electron chi connectivity index (χ2n) is 17.6. The number of anilines is 6. The van der Waals surface area contributed by atoms with E-state index < -0.39 is 47.3 Å². The molecule has 0 aliphatic heterocycles. The van der Waals surface area contributed by atoms with Crippen molar-refractivity contribution in [2.45, 2.75) is 12.8 Å². The zero-order valence-electron chi connectivity index (χ0n) is 42.0. The van der Waals surface area contributed by atoms with Crippen molar-refractivity contribution in [3.8, 4) is 0 Å². The van der Waals surface area contributed by atoms with E-state index >= 15 is 0 Å². The fourth-order valence-electron chi connectivity index (χ4n) is 7.80. The summed E-state index contributed by atoms with van der Waals surface area (Å²) in [5.74, 6) is -4.19. The van der Waals surface area contributed by atoms with E-state index in [1.807, 2.05) is 0 Å². The van der Waals surface area contributed by atoms with Gasteiger partial charge in [0.15, 0.2) is 0 Å². The van der Waals surface area contributed by atoms with E-state index in [0.717, 1.165) is 0 Å². The van der Waals surface area contributed by atoms with Crippen molar-refractivity contribution in [1.29, 1.82) is 10.8 Å². The third kappa shape index (κ3) is 12.8. The third-order valence-corrected chi connectivity index (χ3v) is 11.6. The van der Waals surface area contributed by atoms with Gasteiger partial charge < -0.3 is 81.4 Å². The maximum Gasteiger partial charge on any atom is 0.274 e. The van der Waals surface area contributed by atoms with E-state index in [1.54, 1.807) is 76.2 Å². The van der Waals surface area contributed by atoms with Crippen molar-refractivity contribution in [3.05, 3.63) is 137 Å². The van der Waals surface area contributed by atoms with Crippen LogP contribution >= 0.6 is 0 Å². The Labute approximate surface area is 433 Å². The van der Waals surface area contributed by atoms with Crippen molar-refractivity contribution in [2.75, 3.05) is 45.0 Å². The van der Waals surface area contributed by atoms with Crippen molar-refractivity contribution in [1.82, 2.24) is 43.0 Å². The summed E-state index contributed by atoms with van der Waals surface area (Å²) < 4.78 is 9.13. The Morgan fingerprint density at radius 1 is 0.408 bits per heavy atom. The first-order valence-corrected chi connectivity index (χ1v) is 23.1. The number of pyridine rings is 1. The first kappa shape index (κ1) is 53.3. The minimum absolute atomic E-state index is 0.0294. The summed E-state index contributed by atoms with van der Waals surface area (Å²) in [5.41, 5.74) is 14.0. The molecule has 394 valence electrons. The lowest BCUT2D eigenvalue weighted by atomic mass is 10.2. The summed E-state index contributed by atoms with van der Waals surface area (Å²) in [6, 6.07) is 11.6. The molecule has 14 N–H and O–H groups in total. The van der Waals surface area contributed by atoms with Gasteiger partial charge in [0.05, 0.1) is 51.4 Å². The van der Waals surface area contributed by atoms with Gasteiger partial charge in [0.2, 0.25) is 0 Å². The monoisotopic (exact) mass is 1040 g/mol. The molecule has 76 heavy (non-hydrogen) atoms. The van der Waals surface area contributed by atoms with Crippen LogP contribution in [0.15, 0.2) is 91.9 Å². The molecule has 7 heterocycles. The number of amidine groups is 2. The molecule has 0 aliphatic rings. The molecule has 7 rings (SSSR count). The number of amides is 8. The lowest BCUT2D eigenvalue weighted by Crippen LogP contribution is -2.28. The molecule has 0 radical (unpaired) electrons. The van der Waals surface area contributed by atoms with Crippen LogP contribution in [0.25, 0.3) is 0 Å². The Balaban J connectivity index is 0.891. The van der Waals surface area contributed by atoms with Gasteiger partial charge in [0, 0.05) is 112 Å². The molecule has 0 saturated heterocycles. The molecule has 0 aromatic carbocycles. The third-order valence-electron chi connectivity index (χ3n) is 11.6. The fourth-order valence-corrected chi connectivity index (χ4v) is 7.80. The lowest BCUT2D eigenvalue weighted by Gasteiger charge is -2.05. The van der Waals surface area contributed by atoms with Gasteiger partial charge >= 0.3 is 0 Å². The minimum atomic E-state index is -0.623. The molecule has 0 unspecified atom stereocenters. The summed E-state index contributed by atoms with van der Waals surface area (Å²) in [5, 5.41) is 36.4. The number of nitrogens with two attached hydrogens (primary N) is 2. The van der Waals surface area contributed by atoms with E-state index in [4.69, 9.17) is 22.3 Å². The second-order valence-corrected chi connectivity index (χ2v) is 17.6.